The van der Waals surface area contributed by atoms with E-state index in [2.05, 4.69) is 20.2 Å². The number of hydrogen-bond donors (Lipinski definition) is 1. The molecule has 5 heteroatoms. The summed E-state index contributed by atoms with van der Waals surface area (Å²) < 4.78 is 0. The lowest BCUT2D eigenvalue weighted by molar-refractivity contribution is 0.102. The molecule has 1 aromatic carbocycles. The average Bonchev–Trinajstić information content (AvgIpc) is 2.73. The van der Waals surface area contributed by atoms with Gasteiger partial charge in [0.2, 0.25) is 0 Å². The minimum Gasteiger partial charge on any atom is -0.356 e. The minimum absolute atomic E-state index is 0.161. The van der Waals surface area contributed by atoms with Gasteiger partial charge < -0.3 is 10.2 Å². The van der Waals surface area contributed by atoms with Crippen LogP contribution in [0.1, 0.15) is 36.0 Å². The number of benzene rings is 1. The van der Waals surface area contributed by atoms with Gasteiger partial charge in [0.05, 0.1) is 23.0 Å². The van der Waals surface area contributed by atoms with Gasteiger partial charge in [0.25, 0.3) is 5.91 Å². The molecule has 2 bridgehead atoms. The van der Waals surface area contributed by atoms with E-state index in [0.29, 0.717) is 11.3 Å². The molecule has 2 unspecified atom stereocenters. The van der Waals surface area contributed by atoms with E-state index in [1.807, 2.05) is 42.5 Å². The number of anilines is 2. The topological polar surface area (TPSA) is 58.1 Å². The van der Waals surface area contributed by atoms with Crippen molar-refractivity contribution in [2.24, 2.45) is 11.8 Å². The number of fused-ring (bicyclic) bond motifs is 3. The molecule has 1 aliphatic carbocycles. The highest BCUT2D eigenvalue weighted by Crippen LogP contribution is 2.35. The number of pyridine rings is 2. The summed E-state index contributed by atoms with van der Waals surface area (Å²) in [6.45, 7) is 2.19. The first-order valence-corrected chi connectivity index (χ1v) is 10.1. The molecule has 1 saturated carbocycles. The Kier molecular flexibility index (Phi) is 4.43. The highest BCUT2D eigenvalue weighted by atomic mass is 16.1. The van der Waals surface area contributed by atoms with Crippen molar-refractivity contribution in [3.8, 4) is 0 Å². The SMILES string of the molecule is O=C(Nc1cnc2ccccc2c1)c1ccc(N2CC3CCCC(C3)C2)nc1. The number of carbonyl (C=O) groups excluding carboxylic acids is 1. The number of carbonyl (C=O) groups is 1. The Balaban J connectivity index is 1.29. The van der Waals surface area contributed by atoms with Crippen LogP contribution in [0.15, 0.2) is 54.9 Å². The molecule has 0 spiro atoms. The Morgan fingerprint density at radius 2 is 1.82 bits per heavy atom. The van der Waals surface area contributed by atoms with Gasteiger partial charge in [-0.1, -0.05) is 24.6 Å². The standard InChI is InChI=1S/C23H24N4O/c28-23(26-20-11-18-6-1-2-7-21(18)24-13-20)19-8-9-22(25-12-19)27-14-16-4-3-5-17(10-16)15-27/h1-2,6-9,11-13,16-17H,3-5,10,14-15H2,(H,26,28). The molecule has 3 aromatic rings. The van der Waals surface area contributed by atoms with Gasteiger partial charge >= 0.3 is 0 Å². The van der Waals surface area contributed by atoms with Crippen molar-refractivity contribution < 1.29 is 4.79 Å². The normalized spacial score (nSPS) is 21.5. The summed E-state index contributed by atoms with van der Waals surface area (Å²) in [5.74, 6) is 2.43. The Labute approximate surface area is 164 Å². The summed E-state index contributed by atoms with van der Waals surface area (Å²) >= 11 is 0. The fraction of sp³-hybridized carbons (Fsp3) is 0.348. The third-order valence-corrected chi connectivity index (χ3v) is 6.03. The maximum atomic E-state index is 12.6. The van der Waals surface area contributed by atoms with E-state index in [1.165, 1.54) is 25.7 Å². The van der Waals surface area contributed by atoms with Gasteiger partial charge in [0.15, 0.2) is 0 Å². The summed E-state index contributed by atoms with van der Waals surface area (Å²) in [4.78, 5) is 24.0. The number of amides is 1. The lowest BCUT2D eigenvalue weighted by Crippen LogP contribution is -2.43. The summed E-state index contributed by atoms with van der Waals surface area (Å²) in [5.41, 5.74) is 2.17. The zero-order valence-electron chi connectivity index (χ0n) is 15.8. The molecule has 142 valence electrons. The molecule has 2 aliphatic rings. The van der Waals surface area contributed by atoms with E-state index in [4.69, 9.17) is 0 Å². The minimum atomic E-state index is -0.161. The van der Waals surface area contributed by atoms with Crippen LogP contribution in [0.5, 0.6) is 0 Å². The van der Waals surface area contributed by atoms with Crippen molar-refractivity contribution in [2.45, 2.75) is 25.7 Å². The fourth-order valence-electron chi connectivity index (χ4n) is 4.67. The van der Waals surface area contributed by atoms with Crippen LogP contribution < -0.4 is 10.2 Å². The molecule has 28 heavy (non-hydrogen) atoms. The lowest BCUT2D eigenvalue weighted by Gasteiger charge is -2.42. The van der Waals surface area contributed by atoms with E-state index in [0.717, 1.165) is 41.6 Å². The van der Waals surface area contributed by atoms with Crippen LogP contribution >= 0.6 is 0 Å². The van der Waals surface area contributed by atoms with Gasteiger partial charge in [-0.05, 0) is 55.4 Å². The molecule has 5 rings (SSSR count). The summed E-state index contributed by atoms with van der Waals surface area (Å²) in [6.07, 6.45) is 8.80. The Hall–Kier alpha value is -2.95. The largest absolute Gasteiger partial charge is 0.356 e. The second-order valence-electron chi connectivity index (χ2n) is 8.08. The van der Waals surface area contributed by atoms with Crippen LogP contribution in [0.4, 0.5) is 11.5 Å². The van der Waals surface area contributed by atoms with Gasteiger partial charge in [-0.2, -0.15) is 0 Å². The average molecular weight is 372 g/mol. The molecule has 0 radical (unpaired) electrons. The molecule has 1 aliphatic heterocycles. The quantitative estimate of drug-likeness (QED) is 0.735. The van der Waals surface area contributed by atoms with Crippen LogP contribution in [0.25, 0.3) is 10.9 Å². The molecule has 1 N–H and O–H groups in total. The maximum Gasteiger partial charge on any atom is 0.257 e. The first-order valence-electron chi connectivity index (χ1n) is 10.1. The van der Waals surface area contributed by atoms with Crippen LogP contribution in [0, 0.1) is 11.8 Å². The van der Waals surface area contributed by atoms with Crippen LogP contribution in [0.2, 0.25) is 0 Å². The highest BCUT2D eigenvalue weighted by Gasteiger charge is 2.30. The first-order chi connectivity index (χ1) is 13.7. The first kappa shape index (κ1) is 17.2. The number of para-hydroxylation sites is 1. The Morgan fingerprint density at radius 3 is 2.61 bits per heavy atom. The number of aromatic nitrogens is 2. The number of rotatable bonds is 3. The zero-order valence-corrected chi connectivity index (χ0v) is 15.8. The Bertz CT molecular complexity index is 989. The molecule has 5 nitrogen and oxygen atoms in total. The van der Waals surface area contributed by atoms with Crippen molar-refractivity contribution in [3.05, 3.63) is 60.4 Å². The number of nitrogens with one attached hydrogen (secondary N) is 1. The van der Waals surface area contributed by atoms with Gasteiger partial charge in [0.1, 0.15) is 5.82 Å². The van der Waals surface area contributed by atoms with Crippen molar-refractivity contribution in [3.63, 3.8) is 0 Å². The predicted molar refractivity (Wildman–Crippen MR) is 112 cm³/mol. The van der Waals surface area contributed by atoms with E-state index in [9.17, 15) is 4.79 Å². The molecule has 2 fully saturated rings. The number of nitrogens with zero attached hydrogens (tertiary/aromatic N) is 3. The monoisotopic (exact) mass is 372 g/mol. The van der Waals surface area contributed by atoms with E-state index in [1.54, 1.807) is 12.4 Å². The molecule has 1 saturated heterocycles. The third kappa shape index (κ3) is 3.44. The number of piperidine rings is 1. The maximum absolute atomic E-state index is 12.6. The summed E-state index contributed by atoms with van der Waals surface area (Å²) in [7, 11) is 0. The van der Waals surface area contributed by atoms with E-state index in [-0.39, 0.29) is 5.91 Å². The molecule has 3 heterocycles. The second kappa shape index (κ2) is 7.23. The van der Waals surface area contributed by atoms with Crippen molar-refractivity contribution in [1.29, 1.82) is 0 Å². The number of hydrogen-bond acceptors (Lipinski definition) is 4. The zero-order chi connectivity index (χ0) is 18.9. The fourth-order valence-corrected chi connectivity index (χ4v) is 4.67. The van der Waals surface area contributed by atoms with Crippen LogP contribution in [-0.2, 0) is 0 Å². The van der Waals surface area contributed by atoms with Crippen LogP contribution in [0.3, 0.4) is 0 Å². The van der Waals surface area contributed by atoms with Gasteiger partial charge in [0, 0.05) is 24.7 Å². The highest BCUT2D eigenvalue weighted by molar-refractivity contribution is 6.04. The Morgan fingerprint density at radius 1 is 1.00 bits per heavy atom. The summed E-state index contributed by atoms with van der Waals surface area (Å²) in [6, 6.07) is 13.7. The van der Waals surface area contributed by atoms with Crippen LogP contribution in [-0.4, -0.2) is 29.0 Å². The summed E-state index contributed by atoms with van der Waals surface area (Å²) in [5, 5.41) is 3.93. The van der Waals surface area contributed by atoms with Crippen molar-refractivity contribution in [1.82, 2.24) is 9.97 Å². The predicted octanol–water partition coefficient (Wildman–Crippen LogP) is 4.51. The van der Waals surface area contributed by atoms with Gasteiger partial charge in [-0.3, -0.25) is 9.78 Å². The molecule has 2 aromatic heterocycles. The van der Waals surface area contributed by atoms with Crippen molar-refractivity contribution >= 4 is 28.3 Å². The molecule has 2 atom stereocenters. The lowest BCUT2D eigenvalue weighted by atomic mass is 9.78. The van der Waals surface area contributed by atoms with Crippen molar-refractivity contribution in [2.75, 3.05) is 23.3 Å². The molecular formula is C23H24N4O. The smallest absolute Gasteiger partial charge is 0.257 e. The molecule has 1 amide bonds. The van der Waals surface area contributed by atoms with E-state index < -0.39 is 0 Å². The third-order valence-electron chi connectivity index (χ3n) is 6.03. The van der Waals surface area contributed by atoms with E-state index >= 15 is 0 Å². The second-order valence-corrected chi connectivity index (χ2v) is 8.08. The molecular weight excluding hydrogens is 348 g/mol. The van der Waals surface area contributed by atoms with Gasteiger partial charge in [-0.25, -0.2) is 4.98 Å². The van der Waals surface area contributed by atoms with Gasteiger partial charge in [-0.15, -0.1) is 0 Å².